The maximum atomic E-state index is 12.3. The van der Waals surface area contributed by atoms with E-state index in [2.05, 4.69) is 0 Å². The minimum Gasteiger partial charge on any atom is -0.464 e. The van der Waals surface area contributed by atoms with Gasteiger partial charge in [0.2, 0.25) is 0 Å². The Bertz CT molecular complexity index is 485. The van der Waals surface area contributed by atoms with E-state index in [4.69, 9.17) is 9.52 Å². The van der Waals surface area contributed by atoms with Crippen molar-refractivity contribution in [3.05, 3.63) is 35.6 Å². The summed E-state index contributed by atoms with van der Waals surface area (Å²) in [6.45, 7) is -0.252. The van der Waals surface area contributed by atoms with Crippen molar-refractivity contribution < 1.29 is 22.7 Å². The Labute approximate surface area is 82.9 Å². The number of halogens is 3. The van der Waals surface area contributed by atoms with Gasteiger partial charge >= 0.3 is 6.18 Å². The van der Waals surface area contributed by atoms with E-state index in [1.807, 2.05) is 0 Å². The molecule has 0 saturated carbocycles. The number of alkyl halides is 3. The number of rotatable bonds is 1. The quantitative estimate of drug-likeness (QED) is 0.794. The van der Waals surface area contributed by atoms with Crippen LogP contribution in [-0.4, -0.2) is 5.11 Å². The summed E-state index contributed by atoms with van der Waals surface area (Å²) in [6, 6.07) is 3.19. The van der Waals surface area contributed by atoms with Gasteiger partial charge in [0.15, 0.2) is 0 Å². The Hall–Kier alpha value is -1.49. The molecule has 0 spiro atoms. The van der Waals surface area contributed by atoms with Gasteiger partial charge in [0, 0.05) is 10.9 Å². The van der Waals surface area contributed by atoms with Gasteiger partial charge in [-0.25, -0.2) is 0 Å². The topological polar surface area (TPSA) is 33.4 Å². The molecule has 0 aliphatic rings. The second-order valence-electron chi connectivity index (χ2n) is 3.13. The molecule has 0 atom stereocenters. The first kappa shape index (κ1) is 10.0. The van der Waals surface area contributed by atoms with Crippen LogP contribution in [0.4, 0.5) is 13.2 Å². The summed E-state index contributed by atoms with van der Waals surface area (Å²) in [5.41, 5.74) is -0.138. The molecular formula is C10H7F3O2. The predicted octanol–water partition coefficient (Wildman–Crippen LogP) is 2.94. The average molecular weight is 216 g/mol. The highest BCUT2D eigenvalue weighted by Gasteiger charge is 2.30. The lowest BCUT2D eigenvalue weighted by Gasteiger charge is -2.05. The van der Waals surface area contributed by atoms with Gasteiger partial charge in [0.05, 0.1) is 18.4 Å². The van der Waals surface area contributed by atoms with Crippen molar-refractivity contribution in [1.29, 1.82) is 0 Å². The van der Waals surface area contributed by atoms with E-state index < -0.39 is 11.7 Å². The highest BCUT2D eigenvalue weighted by atomic mass is 19.4. The number of hydrogen-bond acceptors (Lipinski definition) is 2. The number of aliphatic hydroxyl groups excluding tert-OH is 1. The molecular weight excluding hydrogens is 209 g/mol. The molecule has 0 amide bonds. The zero-order valence-electron chi connectivity index (χ0n) is 7.51. The van der Waals surface area contributed by atoms with Crippen molar-refractivity contribution in [2.45, 2.75) is 12.8 Å². The second-order valence-corrected chi connectivity index (χ2v) is 3.13. The fourth-order valence-corrected chi connectivity index (χ4v) is 1.38. The van der Waals surface area contributed by atoms with Crippen LogP contribution in [0.25, 0.3) is 11.0 Å². The van der Waals surface area contributed by atoms with Gasteiger partial charge in [-0.2, -0.15) is 13.2 Å². The van der Waals surface area contributed by atoms with E-state index in [0.717, 1.165) is 12.1 Å². The third-order valence-corrected chi connectivity index (χ3v) is 2.15. The predicted molar refractivity (Wildman–Crippen MR) is 47.1 cm³/mol. The highest BCUT2D eigenvalue weighted by Crippen LogP contribution is 2.32. The van der Waals surface area contributed by atoms with Gasteiger partial charge in [-0.3, -0.25) is 0 Å². The number of furan rings is 1. The van der Waals surface area contributed by atoms with Gasteiger partial charge in [-0.1, -0.05) is 6.07 Å². The minimum atomic E-state index is -4.37. The lowest BCUT2D eigenvalue weighted by molar-refractivity contribution is -0.137. The lowest BCUT2D eigenvalue weighted by Crippen LogP contribution is -2.03. The van der Waals surface area contributed by atoms with Gasteiger partial charge in [0.1, 0.15) is 5.58 Å². The third kappa shape index (κ3) is 1.70. The summed E-state index contributed by atoms with van der Waals surface area (Å²) in [5.74, 6) is 0. The molecule has 0 aliphatic heterocycles. The largest absolute Gasteiger partial charge is 0.464 e. The van der Waals surface area contributed by atoms with Crippen molar-refractivity contribution >= 4 is 11.0 Å². The molecule has 80 valence electrons. The zero-order valence-corrected chi connectivity index (χ0v) is 7.51. The summed E-state index contributed by atoms with van der Waals surface area (Å²) in [6.07, 6.45) is -3.12. The van der Waals surface area contributed by atoms with Crippen molar-refractivity contribution in [2.75, 3.05) is 0 Å². The molecule has 1 aromatic heterocycles. The maximum absolute atomic E-state index is 12.3. The van der Waals surface area contributed by atoms with Crippen LogP contribution in [0, 0.1) is 0 Å². The molecule has 1 aromatic carbocycles. The average Bonchev–Trinajstić information content (AvgIpc) is 2.58. The van der Waals surface area contributed by atoms with Crippen LogP contribution in [0.5, 0.6) is 0 Å². The maximum Gasteiger partial charge on any atom is 0.416 e. The molecule has 2 aromatic rings. The first-order chi connectivity index (χ1) is 7.02. The standard InChI is InChI=1S/C10H7F3O2/c11-10(12,13)7-1-2-8-6(4-14)5-15-9(8)3-7/h1-3,5,14H,4H2. The summed E-state index contributed by atoms with van der Waals surface area (Å²) >= 11 is 0. The van der Waals surface area contributed by atoms with Crippen molar-refractivity contribution in [2.24, 2.45) is 0 Å². The minimum absolute atomic E-state index is 0.133. The Morgan fingerprint density at radius 1 is 1.27 bits per heavy atom. The Morgan fingerprint density at radius 3 is 2.60 bits per heavy atom. The summed E-state index contributed by atoms with van der Waals surface area (Å²) < 4.78 is 41.9. The number of aliphatic hydroxyl groups is 1. The molecule has 0 aliphatic carbocycles. The van der Waals surface area contributed by atoms with Crippen LogP contribution < -0.4 is 0 Å². The van der Waals surface area contributed by atoms with Crippen molar-refractivity contribution in [3.63, 3.8) is 0 Å². The number of fused-ring (bicyclic) bond motifs is 1. The molecule has 5 heteroatoms. The molecule has 15 heavy (non-hydrogen) atoms. The van der Waals surface area contributed by atoms with E-state index in [-0.39, 0.29) is 12.2 Å². The van der Waals surface area contributed by atoms with Gasteiger partial charge in [-0.15, -0.1) is 0 Å². The number of benzene rings is 1. The number of hydrogen-bond donors (Lipinski definition) is 1. The summed E-state index contributed by atoms with van der Waals surface area (Å²) in [7, 11) is 0. The fourth-order valence-electron chi connectivity index (χ4n) is 1.38. The lowest BCUT2D eigenvalue weighted by atomic mass is 10.1. The van der Waals surface area contributed by atoms with E-state index in [9.17, 15) is 13.2 Å². The van der Waals surface area contributed by atoms with Crippen LogP contribution in [0.15, 0.2) is 28.9 Å². The first-order valence-electron chi connectivity index (χ1n) is 4.20. The fraction of sp³-hybridized carbons (Fsp3) is 0.200. The van der Waals surface area contributed by atoms with E-state index in [1.165, 1.54) is 12.3 Å². The van der Waals surface area contributed by atoms with Gasteiger partial charge in [-0.05, 0) is 12.1 Å². The molecule has 1 heterocycles. The Balaban J connectivity index is 2.58. The van der Waals surface area contributed by atoms with Crippen molar-refractivity contribution in [3.8, 4) is 0 Å². The van der Waals surface area contributed by atoms with Crippen LogP contribution >= 0.6 is 0 Å². The van der Waals surface area contributed by atoms with Crippen LogP contribution in [0.3, 0.4) is 0 Å². The summed E-state index contributed by atoms with van der Waals surface area (Å²) in [4.78, 5) is 0. The molecule has 2 nitrogen and oxygen atoms in total. The van der Waals surface area contributed by atoms with Crippen LogP contribution in [0.2, 0.25) is 0 Å². The molecule has 0 unspecified atom stereocenters. The molecule has 0 bridgehead atoms. The van der Waals surface area contributed by atoms with E-state index in [0.29, 0.717) is 10.9 Å². The zero-order chi connectivity index (χ0) is 11.1. The molecule has 0 radical (unpaired) electrons. The van der Waals surface area contributed by atoms with Crippen LogP contribution in [-0.2, 0) is 12.8 Å². The SMILES string of the molecule is OCc1coc2cc(C(F)(F)F)ccc12. The summed E-state index contributed by atoms with van der Waals surface area (Å²) in [5, 5.41) is 9.38. The Kier molecular flexibility index (Phi) is 2.19. The van der Waals surface area contributed by atoms with Crippen LogP contribution in [0.1, 0.15) is 11.1 Å². The smallest absolute Gasteiger partial charge is 0.416 e. The molecule has 0 fully saturated rings. The first-order valence-corrected chi connectivity index (χ1v) is 4.20. The van der Waals surface area contributed by atoms with Crippen molar-refractivity contribution in [1.82, 2.24) is 0 Å². The van der Waals surface area contributed by atoms with Gasteiger partial charge < -0.3 is 9.52 Å². The molecule has 0 saturated heterocycles. The molecule has 1 N–H and O–H groups in total. The highest BCUT2D eigenvalue weighted by molar-refractivity contribution is 5.81. The second kappa shape index (κ2) is 3.27. The van der Waals surface area contributed by atoms with E-state index >= 15 is 0 Å². The monoisotopic (exact) mass is 216 g/mol. The third-order valence-electron chi connectivity index (χ3n) is 2.15. The van der Waals surface area contributed by atoms with E-state index in [1.54, 1.807) is 0 Å². The Morgan fingerprint density at radius 2 is 2.00 bits per heavy atom. The molecule has 2 rings (SSSR count). The van der Waals surface area contributed by atoms with Gasteiger partial charge in [0.25, 0.3) is 0 Å². The normalized spacial score (nSPS) is 12.3.